The van der Waals surface area contributed by atoms with Gasteiger partial charge in [-0.1, -0.05) is 31.2 Å². The van der Waals surface area contributed by atoms with Crippen LogP contribution in [-0.2, 0) is 6.42 Å². The van der Waals surface area contributed by atoms with Gasteiger partial charge in [-0.3, -0.25) is 10.8 Å². The summed E-state index contributed by atoms with van der Waals surface area (Å²) < 4.78 is 5.48. The number of nitrogens with one attached hydrogen (secondary N) is 1. The lowest BCUT2D eigenvalue weighted by Gasteiger charge is -2.17. The van der Waals surface area contributed by atoms with Crippen molar-refractivity contribution in [2.24, 2.45) is 5.84 Å². The third-order valence-corrected chi connectivity index (χ3v) is 3.27. The predicted octanol–water partition coefficient (Wildman–Crippen LogP) is 2.60. The first-order chi connectivity index (χ1) is 9.78. The van der Waals surface area contributed by atoms with E-state index in [1.54, 1.807) is 12.4 Å². The van der Waals surface area contributed by atoms with Crippen LogP contribution in [0.4, 0.5) is 0 Å². The molecule has 1 aromatic heterocycles. The Hall–Kier alpha value is -1.91. The van der Waals surface area contributed by atoms with E-state index in [4.69, 9.17) is 10.6 Å². The number of hydrazine groups is 1. The molecule has 4 heteroatoms. The second-order valence-corrected chi connectivity index (χ2v) is 4.58. The molecule has 1 heterocycles. The molecule has 1 unspecified atom stereocenters. The van der Waals surface area contributed by atoms with Crippen molar-refractivity contribution in [3.63, 3.8) is 0 Å². The molecule has 0 aliphatic carbocycles. The summed E-state index contributed by atoms with van der Waals surface area (Å²) >= 11 is 0. The van der Waals surface area contributed by atoms with Crippen molar-refractivity contribution in [2.45, 2.75) is 26.3 Å². The molecule has 2 aromatic rings. The summed E-state index contributed by atoms with van der Waals surface area (Å²) in [5.74, 6) is 6.47. The summed E-state index contributed by atoms with van der Waals surface area (Å²) in [4.78, 5) is 4.21. The van der Waals surface area contributed by atoms with Crippen LogP contribution in [0.1, 0.15) is 36.6 Å². The SMILES string of the molecule is CCOc1cncc(C(NN)c2ccc(CC)cc2)c1. The summed E-state index contributed by atoms with van der Waals surface area (Å²) in [5, 5.41) is 0. The quantitative estimate of drug-likeness (QED) is 0.626. The maximum absolute atomic E-state index is 5.71. The highest BCUT2D eigenvalue weighted by Gasteiger charge is 2.13. The first-order valence-electron chi connectivity index (χ1n) is 6.91. The lowest BCUT2D eigenvalue weighted by atomic mass is 9.99. The fourth-order valence-electron chi connectivity index (χ4n) is 2.17. The van der Waals surface area contributed by atoms with Crippen LogP contribution in [0.5, 0.6) is 5.75 Å². The van der Waals surface area contributed by atoms with Crippen molar-refractivity contribution in [3.8, 4) is 5.75 Å². The summed E-state index contributed by atoms with van der Waals surface area (Å²) in [6.07, 6.45) is 4.55. The number of hydrogen-bond acceptors (Lipinski definition) is 4. The van der Waals surface area contributed by atoms with E-state index in [9.17, 15) is 0 Å². The molecule has 2 rings (SSSR count). The fraction of sp³-hybridized carbons (Fsp3) is 0.312. The maximum Gasteiger partial charge on any atom is 0.137 e. The lowest BCUT2D eigenvalue weighted by Crippen LogP contribution is -2.29. The Bertz CT molecular complexity index is 540. The first-order valence-corrected chi connectivity index (χ1v) is 6.91. The highest BCUT2D eigenvalue weighted by molar-refractivity contribution is 5.35. The fourth-order valence-corrected chi connectivity index (χ4v) is 2.17. The summed E-state index contributed by atoms with van der Waals surface area (Å²) in [6, 6.07) is 10.3. The summed E-state index contributed by atoms with van der Waals surface area (Å²) in [7, 11) is 0. The zero-order chi connectivity index (χ0) is 14.4. The Labute approximate surface area is 120 Å². The Morgan fingerprint density at radius 2 is 1.90 bits per heavy atom. The normalized spacial score (nSPS) is 12.2. The Morgan fingerprint density at radius 3 is 2.50 bits per heavy atom. The molecule has 0 aliphatic heterocycles. The van der Waals surface area contributed by atoms with Crippen LogP contribution >= 0.6 is 0 Å². The Morgan fingerprint density at radius 1 is 1.15 bits per heavy atom. The number of benzene rings is 1. The van der Waals surface area contributed by atoms with Gasteiger partial charge in [0, 0.05) is 6.20 Å². The Balaban J connectivity index is 2.28. The van der Waals surface area contributed by atoms with Gasteiger partial charge in [-0.25, -0.2) is 5.43 Å². The van der Waals surface area contributed by atoms with Gasteiger partial charge in [0.1, 0.15) is 5.75 Å². The molecule has 0 amide bonds. The molecule has 20 heavy (non-hydrogen) atoms. The van der Waals surface area contributed by atoms with Crippen LogP contribution < -0.4 is 16.0 Å². The van der Waals surface area contributed by atoms with Crippen LogP contribution in [0.2, 0.25) is 0 Å². The maximum atomic E-state index is 5.71. The summed E-state index contributed by atoms with van der Waals surface area (Å²) in [6.45, 7) is 4.72. The van der Waals surface area contributed by atoms with Gasteiger partial charge in [-0.15, -0.1) is 0 Å². The minimum atomic E-state index is -0.0891. The van der Waals surface area contributed by atoms with Gasteiger partial charge in [0.2, 0.25) is 0 Å². The van der Waals surface area contributed by atoms with E-state index < -0.39 is 0 Å². The van der Waals surface area contributed by atoms with E-state index >= 15 is 0 Å². The number of ether oxygens (including phenoxy) is 1. The average molecular weight is 271 g/mol. The summed E-state index contributed by atoms with van der Waals surface area (Å²) in [5.41, 5.74) is 6.26. The third kappa shape index (κ3) is 3.35. The second kappa shape index (κ2) is 7.03. The van der Waals surface area contributed by atoms with Gasteiger partial charge in [-0.05, 0) is 36.1 Å². The topological polar surface area (TPSA) is 60.2 Å². The number of nitrogens with two attached hydrogens (primary N) is 1. The molecule has 0 spiro atoms. The van der Waals surface area contributed by atoms with Crippen LogP contribution in [0.15, 0.2) is 42.7 Å². The van der Waals surface area contributed by atoms with E-state index in [0.717, 1.165) is 23.3 Å². The van der Waals surface area contributed by atoms with E-state index in [-0.39, 0.29) is 6.04 Å². The molecule has 106 valence electrons. The van der Waals surface area contributed by atoms with Crippen LogP contribution in [0.25, 0.3) is 0 Å². The minimum Gasteiger partial charge on any atom is -0.492 e. The van der Waals surface area contributed by atoms with E-state index in [1.807, 2.05) is 13.0 Å². The number of pyridine rings is 1. The van der Waals surface area contributed by atoms with Gasteiger partial charge in [-0.2, -0.15) is 0 Å². The molecule has 1 aromatic carbocycles. The van der Waals surface area contributed by atoms with Crippen molar-refractivity contribution in [1.82, 2.24) is 10.4 Å². The van der Waals surface area contributed by atoms with Crippen molar-refractivity contribution in [3.05, 3.63) is 59.4 Å². The van der Waals surface area contributed by atoms with Crippen molar-refractivity contribution < 1.29 is 4.74 Å². The smallest absolute Gasteiger partial charge is 0.137 e. The van der Waals surface area contributed by atoms with E-state index in [0.29, 0.717) is 6.61 Å². The van der Waals surface area contributed by atoms with E-state index in [2.05, 4.69) is 41.6 Å². The molecule has 0 bridgehead atoms. The average Bonchev–Trinajstić information content (AvgIpc) is 2.49. The monoisotopic (exact) mass is 271 g/mol. The van der Waals surface area contributed by atoms with Gasteiger partial charge in [0.15, 0.2) is 0 Å². The predicted molar refractivity (Wildman–Crippen MR) is 80.4 cm³/mol. The largest absolute Gasteiger partial charge is 0.492 e. The highest BCUT2D eigenvalue weighted by atomic mass is 16.5. The number of nitrogens with zero attached hydrogens (tertiary/aromatic N) is 1. The molecule has 1 atom stereocenters. The highest BCUT2D eigenvalue weighted by Crippen LogP contribution is 2.24. The number of rotatable bonds is 6. The third-order valence-electron chi connectivity index (χ3n) is 3.27. The molecule has 0 saturated carbocycles. The van der Waals surface area contributed by atoms with Crippen molar-refractivity contribution >= 4 is 0 Å². The number of hydrogen-bond donors (Lipinski definition) is 2. The molecular weight excluding hydrogens is 250 g/mol. The Kier molecular flexibility index (Phi) is 5.09. The lowest BCUT2D eigenvalue weighted by molar-refractivity contribution is 0.338. The van der Waals surface area contributed by atoms with Gasteiger partial charge in [0.25, 0.3) is 0 Å². The van der Waals surface area contributed by atoms with Gasteiger partial charge in [0.05, 0.1) is 18.8 Å². The van der Waals surface area contributed by atoms with Crippen molar-refractivity contribution in [2.75, 3.05) is 6.61 Å². The van der Waals surface area contributed by atoms with Crippen LogP contribution in [-0.4, -0.2) is 11.6 Å². The zero-order valence-corrected chi connectivity index (χ0v) is 12.0. The molecule has 0 saturated heterocycles. The van der Waals surface area contributed by atoms with Crippen molar-refractivity contribution in [1.29, 1.82) is 0 Å². The number of aryl methyl sites for hydroxylation is 1. The molecule has 0 radical (unpaired) electrons. The van der Waals surface area contributed by atoms with Gasteiger partial charge < -0.3 is 4.74 Å². The standard InChI is InChI=1S/C16H21N3O/c1-3-12-5-7-13(8-6-12)16(19-17)14-9-15(20-4-2)11-18-10-14/h5-11,16,19H,3-4,17H2,1-2H3. The molecule has 4 nitrogen and oxygen atoms in total. The molecular formula is C16H21N3O. The zero-order valence-electron chi connectivity index (χ0n) is 12.0. The second-order valence-electron chi connectivity index (χ2n) is 4.58. The molecule has 0 fully saturated rings. The van der Waals surface area contributed by atoms with Crippen LogP contribution in [0, 0.1) is 0 Å². The van der Waals surface area contributed by atoms with E-state index in [1.165, 1.54) is 5.56 Å². The number of aromatic nitrogens is 1. The molecule has 0 aliphatic rings. The van der Waals surface area contributed by atoms with Gasteiger partial charge >= 0.3 is 0 Å². The first kappa shape index (κ1) is 14.5. The van der Waals surface area contributed by atoms with Crippen LogP contribution in [0.3, 0.4) is 0 Å². The minimum absolute atomic E-state index is 0.0891. The molecule has 3 N–H and O–H groups in total.